The van der Waals surface area contributed by atoms with Crippen LogP contribution in [0.2, 0.25) is 0 Å². The van der Waals surface area contributed by atoms with Gasteiger partial charge >= 0.3 is 5.97 Å². The largest absolute Gasteiger partial charge is 0.478 e. The van der Waals surface area contributed by atoms with E-state index in [1.807, 2.05) is 13.0 Å². The van der Waals surface area contributed by atoms with Crippen molar-refractivity contribution in [1.29, 1.82) is 0 Å². The number of thioether (sulfide) groups is 1. The Morgan fingerprint density at radius 2 is 2.13 bits per heavy atom. The van der Waals surface area contributed by atoms with Crippen LogP contribution in [0.4, 0.5) is 5.69 Å². The minimum absolute atomic E-state index is 0.0992. The lowest BCUT2D eigenvalue weighted by Gasteiger charge is -2.14. The van der Waals surface area contributed by atoms with Gasteiger partial charge in [-0.1, -0.05) is 30.0 Å². The highest BCUT2D eigenvalue weighted by Gasteiger charge is 2.33. The molecule has 2 aromatic rings. The summed E-state index contributed by atoms with van der Waals surface area (Å²) in [7, 11) is 0. The maximum Gasteiger partial charge on any atom is 0.335 e. The van der Waals surface area contributed by atoms with Crippen molar-refractivity contribution in [2.75, 3.05) is 4.90 Å². The Labute approximate surface area is 141 Å². The van der Waals surface area contributed by atoms with Gasteiger partial charge in [0.05, 0.1) is 16.2 Å². The van der Waals surface area contributed by atoms with Crippen LogP contribution in [0.5, 0.6) is 0 Å². The van der Waals surface area contributed by atoms with E-state index in [2.05, 4.69) is 0 Å². The average molecular weight is 345 g/mol. The SMILES string of the molecule is Cc1ccc(/C=C2/SC(=S)N(c3cccc(C(=O)O)c3)C2=O)o1. The van der Waals surface area contributed by atoms with Gasteiger partial charge in [-0.3, -0.25) is 9.69 Å². The fourth-order valence-corrected chi connectivity index (χ4v) is 3.41. The first-order valence-corrected chi connectivity index (χ1v) is 7.86. The number of aryl methyl sites for hydroxylation is 1. The molecule has 1 saturated heterocycles. The Morgan fingerprint density at radius 1 is 1.35 bits per heavy atom. The second-order valence-electron chi connectivity index (χ2n) is 4.82. The van der Waals surface area contributed by atoms with Crippen molar-refractivity contribution in [1.82, 2.24) is 0 Å². The van der Waals surface area contributed by atoms with Gasteiger partial charge in [-0.25, -0.2) is 4.79 Å². The Bertz CT molecular complexity index is 853. The van der Waals surface area contributed by atoms with E-state index < -0.39 is 5.97 Å². The first-order chi connectivity index (χ1) is 11.0. The summed E-state index contributed by atoms with van der Waals surface area (Å²) in [6, 6.07) is 9.70. The van der Waals surface area contributed by atoms with E-state index in [-0.39, 0.29) is 11.5 Å². The van der Waals surface area contributed by atoms with Crippen molar-refractivity contribution >= 4 is 51.9 Å². The smallest absolute Gasteiger partial charge is 0.335 e. The Morgan fingerprint density at radius 3 is 2.78 bits per heavy atom. The topological polar surface area (TPSA) is 70.8 Å². The molecular formula is C16H11NO4S2. The quantitative estimate of drug-likeness (QED) is 0.676. The van der Waals surface area contributed by atoms with Crippen molar-refractivity contribution in [2.24, 2.45) is 0 Å². The van der Waals surface area contributed by atoms with Crippen LogP contribution in [0.15, 0.2) is 45.7 Å². The maximum atomic E-state index is 12.6. The zero-order chi connectivity index (χ0) is 16.6. The van der Waals surface area contributed by atoms with E-state index in [0.29, 0.717) is 20.7 Å². The third-order valence-electron chi connectivity index (χ3n) is 3.18. The van der Waals surface area contributed by atoms with Crippen molar-refractivity contribution in [3.8, 4) is 0 Å². The predicted molar refractivity (Wildman–Crippen MR) is 92.5 cm³/mol. The number of nitrogens with zero attached hydrogens (tertiary/aromatic N) is 1. The summed E-state index contributed by atoms with van der Waals surface area (Å²) < 4.78 is 5.79. The summed E-state index contributed by atoms with van der Waals surface area (Å²) in [5.74, 6) is -0.0290. The summed E-state index contributed by atoms with van der Waals surface area (Å²) >= 11 is 6.41. The monoisotopic (exact) mass is 345 g/mol. The summed E-state index contributed by atoms with van der Waals surface area (Å²) in [6.07, 6.45) is 1.63. The van der Waals surface area contributed by atoms with E-state index in [9.17, 15) is 9.59 Å². The summed E-state index contributed by atoms with van der Waals surface area (Å²) in [4.78, 5) is 25.4. The van der Waals surface area contributed by atoms with Crippen molar-refractivity contribution < 1.29 is 19.1 Å². The van der Waals surface area contributed by atoms with Crippen LogP contribution in [0, 0.1) is 6.92 Å². The molecule has 1 amide bonds. The highest BCUT2D eigenvalue weighted by atomic mass is 32.2. The zero-order valence-electron chi connectivity index (χ0n) is 12.0. The highest BCUT2D eigenvalue weighted by molar-refractivity contribution is 8.27. The molecule has 1 aliphatic heterocycles. The molecule has 3 rings (SSSR count). The molecule has 0 spiro atoms. The minimum atomic E-state index is -1.06. The zero-order valence-corrected chi connectivity index (χ0v) is 13.6. The molecule has 0 radical (unpaired) electrons. The predicted octanol–water partition coefficient (Wildman–Crippen LogP) is 3.69. The number of hydrogen-bond acceptors (Lipinski definition) is 5. The third kappa shape index (κ3) is 3.06. The summed E-state index contributed by atoms with van der Waals surface area (Å²) in [5, 5.41) is 9.07. The molecule has 2 heterocycles. The van der Waals surface area contributed by atoms with Gasteiger partial charge in [0.2, 0.25) is 0 Å². The van der Waals surface area contributed by atoms with Crippen LogP contribution in [-0.2, 0) is 4.79 Å². The van der Waals surface area contributed by atoms with Crippen molar-refractivity contribution in [3.05, 3.63) is 58.4 Å². The maximum absolute atomic E-state index is 12.6. The van der Waals surface area contributed by atoms with Gasteiger partial charge in [-0.05, 0) is 37.3 Å². The minimum Gasteiger partial charge on any atom is -0.478 e. The lowest BCUT2D eigenvalue weighted by atomic mass is 10.2. The molecule has 0 unspecified atom stereocenters. The normalized spacial score (nSPS) is 16.4. The van der Waals surface area contributed by atoms with E-state index in [0.717, 1.165) is 17.5 Å². The first kappa shape index (κ1) is 15.5. The molecule has 1 aromatic carbocycles. The fourth-order valence-electron chi connectivity index (χ4n) is 2.13. The fraction of sp³-hybridized carbons (Fsp3) is 0.0625. The Kier molecular flexibility index (Phi) is 4.06. The molecule has 1 N–H and O–H groups in total. The van der Waals surface area contributed by atoms with Gasteiger partial charge in [0.15, 0.2) is 4.32 Å². The number of hydrogen-bond donors (Lipinski definition) is 1. The van der Waals surface area contributed by atoms with Crippen LogP contribution in [0.25, 0.3) is 6.08 Å². The van der Waals surface area contributed by atoms with E-state index in [4.69, 9.17) is 21.7 Å². The van der Waals surface area contributed by atoms with Crippen molar-refractivity contribution in [3.63, 3.8) is 0 Å². The summed E-state index contributed by atoms with van der Waals surface area (Å²) in [5.41, 5.74) is 0.536. The molecule has 5 nitrogen and oxygen atoms in total. The number of aromatic carboxylic acids is 1. The average Bonchev–Trinajstić information content (AvgIpc) is 3.03. The standard InChI is InChI=1S/C16H11NO4S2/c1-9-5-6-12(21-9)8-13-14(18)17(16(22)23-13)11-4-2-3-10(7-11)15(19)20/h2-8H,1H3,(H,19,20)/b13-8+. The van der Waals surface area contributed by atoms with Crippen LogP contribution >= 0.6 is 24.0 Å². The van der Waals surface area contributed by atoms with Gasteiger partial charge in [-0.15, -0.1) is 0 Å². The molecule has 116 valence electrons. The number of carboxylic acid groups (broad SMARTS) is 1. The number of carbonyl (C=O) groups is 2. The summed E-state index contributed by atoms with van der Waals surface area (Å²) in [6.45, 7) is 1.82. The molecule has 0 saturated carbocycles. The molecule has 23 heavy (non-hydrogen) atoms. The molecule has 0 bridgehead atoms. The Hall–Kier alpha value is -2.38. The second-order valence-corrected chi connectivity index (χ2v) is 6.50. The number of furan rings is 1. The number of amides is 1. The first-order valence-electron chi connectivity index (χ1n) is 6.63. The molecule has 1 fully saturated rings. The molecule has 0 atom stereocenters. The van der Waals surface area contributed by atoms with Gasteiger partial charge < -0.3 is 9.52 Å². The molecule has 7 heteroatoms. The van der Waals surface area contributed by atoms with E-state index >= 15 is 0 Å². The number of thiocarbonyl (C=S) groups is 1. The van der Waals surface area contributed by atoms with Crippen LogP contribution in [0.3, 0.4) is 0 Å². The van der Waals surface area contributed by atoms with Crippen LogP contribution < -0.4 is 4.90 Å². The highest BCUT2D eigenvalue weighted by Crippen LogP contribution is 2.36. The van der Waals surface area contributed by atoms with Gasteiger partial charge in [0.25, 0.3) is 5.91 Å². The van der Waals surface area contributed by atoms with Crippen LogP contribution in [0.1, 0.15) is 21.9 Å². The van der Waals surface area contributed by atoms with E-state index in [1.54, 1.807) is 24.3 Å². The molecule has 0 aliphatic carbocycles. The molecular weight excluding hydrogens is 334 g/mol. The van der Waals surface area contributed by atoms with Gasteiger partial charge in [0.1, 0.15) is 11.5 Å². The number of anilines is 1. The van der Waals surface area contributed by atoms with Crippen molar-refractivity contribution in [2.45, 2.75) is 6.92 Å². The lowest BCUT2D eigenvalue weighted by Crippen LogP contribution is -2.27. The molecule has 1 aliphatic rings. The third-order valence-corrected chi connectivity index (χ3v) is 4.48. The van der Waals surface area contributed by atoms with Gasteiger partial charge in [0, 0.05) is 6.08 Å². The number of benzene rings is 1. The number of rotatable bonds is 3. The second kappa shape index (κ2) is 6.02. The van der Waals surface area contributed by atoms with Gasteiger partial charge in [-0.2, -0.15) is 0 Å². The molecule has 1 aromatic heterocycles. The number of carbonyl (C=O) groups excluding carboxylic acids is 1. The Balaban J connectivity index is 1.94. The van der Waals surface area contributed by atoms with E-state index in [1.165, 1.54) is 17.0 Å². The lowest BCUT2D eigenvalue weighted by molar-refractivity contribution is -0.113. The number of carboxylic acids is 1. The van der Waals surface area contributed by atoms with Crippen LogP contribution in [-0.4, -0.2) is 21.3 Å².